The highest BCUT2D eigenvalue weighted by Crippen LogP contribution is 2.36. The molecule has 1 amide bonds. The van der Waals surface area contributed by atoms with Crippen molar-refractivity contribution >= 4 is 11.6 Å². The van der Waals surface area contributed by atoms with Crippen LogP contribution in [0.15, 0.2) is 55.0 Å². The molecule has 2 aromatic heterocycles. The minimum atomic E-state index is -1.51. The second kappa shape index (κ2) is 5.70. The van der Waals surface area contributed by atoms with Gasteiger partial charge in [-0.25, -0.2) is 13.9 Å². The van der Waals surface area contributed by atoms with Crippen LogP contribution >= 0.6 is 0 Å². The van der Waals surface area contributed by atoms with Gasteiger partial charge in [0.1, 0.15) is 6.33 Å². The van der Waals surface area contributed by atoms with Crippen molar-refractivity contribution in [2.45, 2.75) is 18.5 Å². The van der Waals surface area contributed by atoms with E-state index in [0.717, 1.165) is 0 Å². The van der Waals surface area contributed by atoms with Crippen LogP contribution < -0.4 is 0 Å². The smallest absolute Gasteiger partial charge is 0.257 e. The van der Waals surface area contributed by atoms with Gasteiger partial charge in [0.2, 0.25) is 0 Å². The van der Waals surface area contributed by atoms with Crippen molar-refractivity contribution < 1.29 is 9.18 Å². The van der Waals surface area contributed by atoms with Crippen molar-refractivity contribution in [3.05, 3.63) is 66.1 Å². The molecule has 1 aliphatic rings. The number of halogens is 1. The van der Waals surface area contributed by atoms with Gasteiger partial charge in [0, 0.05) is 12.7 Å². The largest absolute Gasteiger partial charge is 0.335 e. The SMILES string of the molecule is O=C(c1cccn2ncnc12)N1CCCC(F)(c2ccccc2)C1. The molecule has 0 N–H and O–H groups in total. The number of fused-ring (bicyclic) bond motifs is 1. The monoisotopic (exact) mass is 324 g/mol. The summed E-state index contributed by atoms with van der Waals surface area (Å²) >= 11 is 0. The molecule has 122 valence electrons. The summed E-state index contributed by atoms with van der Waals surface area (Å²) in [6, 6.07) is 12.6. The van der Waals surface area contributed by atoms with Crippen LogP contribution in [0.4, 0.5) is 4.39 Å². The molecule has 1 saturated heterocycles. The van der Waals surface area contributed by atoms with E-state index in [1.54, 1.807) is 39.9 Å². The molecule has 0 radical (unpaired) electrons. The van der Waals surface area contributed by atoms with Crippen molar-refractivity contribution in [3.8, 4) is 0 Å². The molecule has 24 heavy (non-hydrogen) atoms. The molecule has 0 saturated carbocycles. The van der Waals surface area contributed by atoms with Gasteiger partial charge in [-0.15, -0.1) is 0 Å². The predicted molar refractivity (Wildman–Crippen MR) is 87.4 cm³/mol. The summed E-state index contributed by atoms with van der Waals surface area (Å²) in [6.45, 7) is 0.609. The number of nitrogens with zero attached hydrogens (tertiary/aromatic N) is 4. The maximum atomic E-state index is 15.5. The highest BCUT2D eigenvalue weighted by atomic mass is 19.1. The van der Waals surface area contributed by atoms with E-state index in [-0.39, 0.29) is 12.5 Å². The number of benzene rings is 1. The average molecular weight is 324 g/mol. The van der Waals surface area contributed by atoms with Gasteiger partial charge in [0.25, 0.3) is 5.91 Å². The lowest BCUT2D eigenvalue weighted by atomic mass is 9.87. The van der Waals surface area contributed by atoms with E-state index in [1.807, 2.05) is 18.2 Å². The van der Waals surface area contributed by atoms with Crippen molar-refractivity contribution in [3.63, 3.8) is 0 Å². The highest BCUT2D eigenvalue weighted by Gasteiger charge is 2.39. The van der Waals surface area contributed by atoms with Gasteiger partial charge >= 0.3 is 0 Å². The van der Waals surface area contributed by atoms with Crippen LogP contribution in [0, 0.1) is 0 Å². The fraction of sp³-hybridized carbons (Fsp3) is 0.278. The molecule has 1 unspecified atom stereocenters. The lowest BCUT2D eigenvalue weighted by molar-refractivity contribution is 0.0325. The molecule has 4 rings (SSSR count). The molecule has 1 fully saturated rings. The Morgan fingerprint density at radius 2 is 2.00 bits per heavy atom. The van der Waals surface area contributed by atoms with E-state index in [4.69, 9.17) is 0 Å². The number of aromatic nitrogens is 3. The summed E-state index contributed by atoms with van der Waals surface area (Å²) in [5.41, 5.74) is 0.0706. The van der Waals surface area contributed by atoms with Gasteiger partial charge in [0.05, 0.1) is 12.1 Å². The number of piperidine rings is 1. The quantitative estimate of drug-likeness (QED) is 0.728. The lowest BCUT2D eigenvalue weighted by Gasteiger charge is -2.37. The Hall–Kier alpha value is -2.76. The van der Waals surface area contributed by atoms with E-state index in [2.05, 4.69) is 10.1 Å². The van der Waals surface area contributed by atoms with Gasteiger partial charge in [-0.2, -0.15) is 5.10 Å². The topological polar surface area (TPSA) is 50.5 Å². The van der Waals surface area contributed by atoms with Crippen LogP contribution in [0.25, 0.3) is 5.65 Å². The maximum Gasteiger partial charge on any atom is 0.257 e. The molecule has 6 heteroatoms. The van der Waals surface area contributed by atoms with E-state index in [9.17, 15) is 4.79 Å². The summed E-state index contributed by atoms with van der Waals surface area (Å²) < 4.78 is 17.0. The molecular formula is C18H17FN4O. The molecule has 0 aliphatic carbocycles. The first kappa shape index (κ1) is 14.8. The molecule has 1 aliphatic heterocycles. The van der Waals surface area contributed by atoms with Crippen LogP contribution in [0.2, 0.25) is 0 Å². The molecule has 0 bridgehead atoms. The molecule has 0 spiro atoms. The number of likely N-dealkylation sites (tertiary alicyclic amines) is 1. The van der Waals surface area contributed by atoms with E-state index in [1.165, 1.54) is 6.33 Å². The van der Waals surface area contributed by atoms with Crippen LogP contribution in [-0.2, 0) is 5.67 Å². The van der Waals surface area contributed by atoms with Gasteiger partial charge in [0.15, 0.2) is 11.3 Å². The number of carbonyl (C=O) groups excluding carboxylic acids is 1. The predicted octanol–water partition coefficient (Wildman–Crippen LogP) is 2.83. The van der Waals surface area contributed by atoms with Crippen LogP contribution in [0.3, 0.4) is 0 Å². The van der Waals surface area contributed by atoms with E-state index in [0.29, 0.717) is 36.2 Å². The van der Waals surface area contributed by atoms with Crippen LogP contribution in [-0.4, -0.2) is 38.5 Å². The number of pyridine rings is 1. The number of hydrogen-bond donors (Lipinski definition) is 0. The zero-order valence-electron chi connectivity index (χ0n) is 13.1. The van der Waals surface area contributed by atoms with Gasteiger partial charge in [-0.3, -0.25) is 4.79 Å². The summed E-state index contributed by atoms with van der Waals surface area (Å²) in [5.74, 6) is -0.203. The van der Waals surface area contributed by atoms with Crippen LogP contribution in [0.1, 0.15) is 28.8 Å². The van der Waals surface area contributed by atoms with Gasteiger partial charge in [-0.1, -0.05) is 30.3 Å². The number of rotatable bonds is 2. The second-order valence-corrected chi connectivity index (χ2v) is 6.11. The molecule has 1 atom stereocenters. The summed E-state index contributed by atoms with van der Waals surface area (Å²) in [7, 11) is 0. The summed E-state index contributed by atoms with van der Waals surface area (Å²) in [4.78, 5) is 18.6. The standard InChI is InChI=1S/C18H17FN4O/c19-18(14-6-2-1-3-7-14)9-5-10-22(12-18)17(24)15-8-4-11-23-16(15)20-13-21-23/h1-4,6-8,11,13H,5,9-10,12H2. The first-order valence-corrected chi connectivity index (χ1v) is 7.99. The number of carbonyl (C=O) groups is 1. The fourth-order valence-corrected chi connectivity index (χ4v) is 3.34. The normalized spacial score (nSPS) is 21.1. The van der Waals surface area contributed by atoms with Crippen LogP contribution in [0.5, 0.6) is 0 Å². The number of alkyl halides is 1. The van der Waals surface area contributed by atoms with Crippen molar-refractivity contribution in [2.24, 2.45) is 0 Å². The second-order valence-electron chi connectivity index (χ2n) is 6.11. The first-order valence-electron chi connectivity index (χ1n) is 7.99. The number of hydrogen-bond acceptors (Lipinski definition) is 3. The summed E-state index contributed by atoms with van der Waals surface area (Å²) in [6.07, 6.45) is 4.20. The first-order chi connectivity index (χ1) is 11.7. The third kappa shape index (κ3) is 2.44. The zero-order chi connectivity index (χ0) is 16.6. The third-order valence-corrected chi connectivity index (χ3v) is 4.56. The lowest BCUT2D eigenvalue weighted by Crippen LogP contribution is -2.46. The Morgan fingerprint density at radius 3 is 2.83 bits per heavy atom. The van der Waals surface area contributed by atoms with E-state index >= 15 is 4.39 Å². The molecule has 3 aromatic rings. The van der Waals surface area contributed by atoms with Crippen molar-refractivity contribution in [1.29, 1.82) is 0 Å². The molecule has 1 aromatic carbocycles. The Labute approximate surface area is 138 Å². The Balaban J connectivity index is 1.65. The Morgan fingerprint density at radius 1 is 1.17 bits per heavy atom. The van der Waals surface area contributed by atoms with Gasteiger partial charge in [-0.05, 0) is 30.5 Å². The maximum absolute atomic E-state index is 15.5. The van der Waals surface area contributed by atoms with Crippen molar-refractivity contribution in [2.75, 3.05) is 13.1 Å². The van der Waals surface area contributed by atoms with E-state index < -0.39 is 5.67 Å². The third-order valence-electron chi connectivity index (χ3n) is 4.56. The van der Waals surface area contributed by atoms with Crippen molar-refractivity contribution in [1.82, 2.24) is 19.5 Å². The zero-order valence-corrected chi connectivity index (χ0v) is 13.1. The average Bonchev–Trinajstić information content (AvgIpc) is 3.11. The summed E-state index contributed by atoms with van der Waals surface area (Å²) in [5, 5.41) is 4.04. The number of amides is 1. The van der Waals surface area contributed by atoms with Gasteiger partial charge < -0.3 is 4.90 Å². The molecule has 3 heterocycles. The fourth-order valence-electron chi connectivity index (χ4n) is 3.34. The highest BCUT2D eigenvalue weighted by molar-refractivity contribution is 5.99. The minimum Gasteiger partial charge on any atom is -0.335 e. The molecule has 5 nitrogen and oxygen atoms in total. The molecular weight excluding hydrogens is 307 g/mol. The Kier molecular flexibility index (Phi) is 3.52. The Bertz CT molecular complexity index is 879. The minimum absolute atomic E-state index is 0.0606.